The Balaban J connectivity index is 2.49. The van der Waals surface area contributed by atoms with E-state index in [2.05, 4.69) is 6.92 Å². The van der Waals surface area contributed by atoms with Crippen LogP contribution in [0.15, 0.2) is 18.2 Å². The highest BCUT2D eigenvalue weighted by Crippen LogP contribution is 2.24. The molecule has 0 atom stereocenters. The van der Waals surface area contributed by atoms with E-state index in [1.165, 1.54) is 19.3 Å². The van der Waals surface area contributed by atoms with Gasteiger partial charge in [0.25, 0.3) is 0 Å². The normalized spacial score (nSPS) is 10.5. The van der Waals surface area contributed by atoms with Crippen LogP contribution in [0.1, 0.15) is 49.4 Å². The quantitative estimate of drug-likeness (QED) is 0.360. The Morgan fingerprint density at radius 1 is 1.26 bits per heavy atom. The number of ether oxygens (including phenoxy) is 1. The average Bonchev–Trinajstić information content (AvgIpc) is 2.39. The van der Waals surface area contributed by atoms with Crippen LogP contribution in [0.2, 0.25) is 5.02 Å². The van der Waals surface area contributed by atoms with Gasteiger partial charge in [-0.2, -0.15) is 0 Å². The lowest BCUT2D eigenvalue weighted by Gasteiger charge is -2.08. The summed E-state index contributed by atoms with van der Waals surface area (Å²) in [6.45, 7) is 2.86. The second-order valence-corrected chi connectivity index (χ2v) is 5.20. The number of benzene rings is 1. The summed E-state index contributed by atoms with van der Waals surface area (Å²) in [5.41, 5.74) is 0.514. The van der Waals surface area contributed by atoms with Gasteiger partial charge in [0.1, 0.15) is 5.75 Å². The fraction of sp³-hybridized carbons (Fsp3) is 0.533. The smallest absolute Gasteiger partial charge is 0.165 e. The minimum absolute atomic E-state index is 0.0329. The predicted molar refractivity (Wildman–Crippen MR) is 80.8 cm³/mol. The number of hydrogen-bond donors (Lipinski definition) is 0. The van der Waals surface area contributed by atoms with E-state index in [0.717, 1.165) is 6.42 Å². The molecule has 0 N–H and O–H groups in total. The van der Waals surface area contributed by atoms with Gasteiger partial charge in [0, 0.05) is 17.9 Å². The Bertz CT molecular complexity index is 405. The highest BCUT2D eigenvalue weighted by molar-refractivity contribution is 6.34. The van der Waals surface area contributed by atoms with Crippen LogP contribution in [0.5, 0.6) is 5.75 Å². The van der Waals surface area contributed by atoms with Crippen LogP contribution in [0.3, 0.4) is 0 Å². The second-order valence-electron chi connectivity index (χ2n) is 4.41. The summed E-state index contributed by atoms with van der Waals surface area (Å²) in [7, 11) is 0. The van der Waals surface area contributed by atoms with Gasteiger partial charge < -0.3 is 4.74 Å². The molecule has 0 aliphatic carbocycles. The third kappa shape index (κ3) is 5.84. The molecule has 0 heterocycles. The van der Waals surface area contributed by atoms with E-state index in [4.69, 9.17) is 27.9 Å². The highest BCUT2D eigenvalue weighted by Gasteiger charge is 2.10. The zero-order chi connectivity index (χ0) is 14.1. The van der Waals surface area contributed by atoms with Gasteiger partial charge in [-0.25, -0.2) is 0 Å². The van der Waals surface area contributed by atoms with Gasteiger partial charge in [-0.15, -0.1) is 11.6 Å². The van der Waals surface area contributed by atoms with Gasteiger partial charge in [-0.1, -0.05) is 37.8 Å². The van der Waals surface area contributed by atoms with Crippen molar-refractivity contribution < 1.29 is 9.53 Å². The van der Waals surface area contributed by atoms with Crippen molar-refractivity contribution in [2.75, 3.05) is 12.5 Å². The predicted octanol–water partition coefficient (Wildman–Crippen LogP) is 5.11. The summed E-state index contributed by atoms with van der Waals surface area (Å²) in [6, 6.07) is 5.19. The Hall–Kier alpha value is -0.730. The molecule has 4 heteroatoms. The Kier molecular flexibility index (Phi) is 7.92. The number of hydrogen-bond acceptors (Lipinski definition) is 2. The van der Waals surface area contributed by atoms with E-state index >= 15 is 0 Å². The number of rotatable bonds is 9. The third-order valence-electron chi connectivity index (χ3n) is 2.83. The number of alkyl halides is 1. The summed E-state index contributed by atoms with van der Waals surface area (Å²) in [6.07, 6.45) is 4.96. The van der Waals surface area contributed by atoms with E-state index in [-0.39, 0.29) is 5.78 Å². The van der Waals surface area contributed by atoms with Crippen LogP contribution >= 0.6 is 23.2 Å². The van der Waals surface area contributed by atoms with Gasteiger partial charge in [0.2, 0.25) is 0 Å². The summed E-state index contributed by atoms with van der Waals surface area (Å²) in [5.74, 6) is 0.989. The van der Waals surface area contributed by atoms with Crippen LogP contribution < -0.4 is 4.74 Å². The molecule has 0 radical (unpaired) electrons. The maximum Gasteiger partial charge on any atom is 0.165 e. The Morgan fingerprint density at radius 3 is 2.68 bits per heavy atom. The van der Waals surface area contributed by atoms with Gasteiger partial charge in [0.05, 0.1) is 11.6 Å². The van der Waals surface area contributed by atoms with E-state index in [1.807, 2.05) is 0 Å². The topological polar surface area (TPSA) is 26.3 Å². The maximum atomic E-state index is 11.7. The van der Waals surface area contributed by atoms with E-state index in [0.29, 0.717) is 35.2 Å². The van der Waals surface area contributed by atoms with Gasteiger partial charge in [0.15, 0.2) is 5.78 Å². The van der Waals surface area contributed by atoms with Crippen molar-refractivity contribution in [2.24, 2.45) is 0 Å². The van der Waals surface area contributed by atoms with E-state index < -0.39 is 0 Å². The van der Waals surface area contributed by atoms with Crippen LogP contribution in [0, 0.1) is 0 Å². The first-order chi connectivity index (χ1) is 9.19. The van der Waals surface area contributed by atoms with Crippen molar-refractivity contribution in [1.29, 1.82) is 0 Å². The Morgan fingerprint density at radius 2 is 2.05 bits per heavy atom. The standard InChI is InChI=1S/C15H20Cl2O2/c1-2-3-4-5-10-19-12-6-7-13(14(17)11-12)15(18)8-9-16/h6-7,11H,2-5,8-10H2,1H3. The molecule has 106 valence electrons. The highest BCUT2D eigenvalue weighted by atomic mass is 35.5. The summed E-state index contributed by atoms with van der Waals surface area (Å²) < 4.78 is 5.61. The molecule has 0 bridgehead atoms. The molecule has 1 rings (SSSR count). The molecule has 1 aromatic rings. The molecule has 0 amide bonds. The molecule has 0 saturated heterocycles. The second kappa shape index (κ2) is 9.22. The fourth-order valence-electron chi connectivity index (χ4n) is 1.75. The summed E-state index contributed by atoms with van der Waals surface area (Å²) >= 11 is 11.6. The van der Waals surface area contributed by atoms with E-state index in [1.54, 1.807) is 18.2 Å². The molecule has 0 spiro atoms. The minimum Gasteiger partial charge on any atom is -0.494 e. The number of ketones is 1. The first-order valence-corrected chi connectivity index (χ1v) is 7.61. The summed E-state index contributed by atoms with van der Waals surface area (Å²) in [4.78, 5) is 11.7. The molecule has 1 aromatic carbocycles. The monoisotopic (exact) mass is 302 g/mol. The molecule has 0 fully saturated rings. The number of Topliss-reactive ketones (excluding diaryl/α,β-unsaturated/α-hetero) is 1. The lowest BCUT2D eigenvalue weighted by Crippen LogP contribution is -2.02. The zero-order valence-corrected chi connectivity index (χ0v) is 12.8. The molecule has 19 heavy (non-hydrogen) atoms. The van der Waals surface area contributed by atoms with Gasteiger partial charge in [-0.3, -0.25) is 4.79 Å². The number of unbranched alkanes of at least 4 members (excludes halogenated alkanes) is 3. The molecular formula is C15H20Cl2O2. The van der Waals surface area contributed by atoms with Crippen LogP contribution in [0.4, 0.5) is 0 Å². The van der Waals surface area contributed by atoms with Crippen molar-refractivity contribution in [2.45, 2.75) is 39.0 Å². The zero-order valence-electron chi connectivity index (χ0n) is 11.3. The molecule has 0 aliphatic rings. The lowest BCUT2D eigenvalue weighted by molar-refractivity contribution is 0.0989. The third-order valence-corrected chi connectivity index (χ3v) is 3.33. The Labute approximate surface area is 125 Å². The first-order valence-electron chi connectivity index (χ1n) is 6.70. The first kappa shape index (κ1) is 16.3. The average molecular weight is 303 g/mol. The van der Waals surface area contributed by atoms with Crippen molar-refractivity contribution in [3.63, 3.8) is 0 Å². The molecule has 0 aromatic heterocycles. The molecule has 0 aliphatic heterocycles. The molecule has 0 unspecified atom stereocenters. The van der Waals surface area contributed by atoms with Crippen LogP contribution in [-0.2, 0) is 0 Å². The number of halogens is 2. The van der Waals surface area contributed by atoms with Crippen molar-refractivity contribution in [1.82, 2.24) is 0 Å². The molecular weight excluding hydrogens is 283 g/mol. The lowest BCUT2D eigenvalue weighted by atomic mass is 10.1. The largest absolute Gasteiger partial charge is 0.494 e. The molecule has 0 saturated carbocycles. The summed E-state index contributed by atoms with van der Waals surface area (Å²) in [5, 5.41) is 0.432. The SMILES string of the molecule is CCCCCCOc1ccc(C(=O)CCCl)c(Cl)c1. The van der Waals surface area contributed by atoms with E-state index in [9.17, 15) is 4.79 Å². The van der Waals surface area contributed by atoms with Crippen molar-refractivity contribution in [3.05, 3.63) is 28.8 Å². The van der Waals surface area contributed by atoms with Crippen molar-refractivity contribution >= 4 is 29.0 Å². The van der Waals surface area contributed by atoms with Crippen LogP contribution in [-0.4, -0.2) is 18.3 Å². The number of carbonyl (C=O) groups is 1. The van der Waals surface area contributed by atoms with Gasteiger partial charge in [-0.05, 0) is 24.6 Å². The molecule has 2 nitrogen and oxygen atoms in total. The number of carbonyl (C=O) groups excluding carboxylic acids is 1. The van der Waals surface area contributed by atoms with Crippen molar-refractivity contribution in [3.8, 4) is 5.75 Å². The fourth-order valence-corrected chi connectivity index (χ4v) is 2.20. The maximum absolute atomic E-state index is 11.7. The van der Waals surface area contributed by atoms with Gasteiger partial charge >= 0.3 is 0 Å². The van der Waals surface area contributed by atoms with Crippen LogP contribution in [0.25, 0.3) is 0 Å². The minimum atomic E-state index is -0.0329.